The topological polar surface area (TPSA) is 60.8 Å². The smallest absolute Gasteiger partial charge is 0.276 e. The number of carbonyl (C=O) groups excluding carboxylic acids is 1. The lowest BCUT2D eigenvalue weighted by Gasteiger charge is -2.44. The third-order valence-corrected chi connectivity index (χ3v) is 4.99. The summed E-state index contributed by atoms with van der Waals surface area (Å²) in [6.45, 7) is 3.91. The molecule has 6 heteroatoms. The van der Waals surface area contributed by atoms with Crippen molar-refractivity contribution in [3.05, 3.63) is 27.7 Å². The van der Waals surface area contributed by atoms with E-state index in [0.29, 0.717) is 25.5 Å². The predicted molar refractivity (Wildman–Crippen MR) is 83.9 cm³/mol. The van der Waals surface area contributed by atoms with E-state index < -0.39 is 0 Å². The van der Waals surface area contributed by atoms with Crippen LogP contribution in [0.2, 0.25) is 0 Å². The van der Waals surface area contributed by atoms with Crippen LogP contribution in [-0.2, 0) is 11.2 Å². The zero-order valence-corrected chi connectivity index (χ0v) is 13.4. The van der Waals surface area contributed by atoms with Crippen LogP contribution in [0.3, 0.4) is 0 Å². The molecule has 0 bridgehead atoms. The Bertz CT molecular complexity index is 697. The molecule has 6 nitrogen and oxygen atoms in total. The number of amides is 1. The second kappa shape index (κ2) is 5.67. The Balaban J connectivity index is 1.82. The fourth-order valence-corrected chi connectivity index (χ4v) is 3.91. The molecule has 23 heavy (non-hydrogen) atoms. The molecule has 1 aromatic heterocycles. The largest absolute Gasteiger partial charge is 0.487 e. The van der Waals surface area contributed by atoms with E-state index in [0.717, 1.165) is 37.8 Å². The number of fused-ring (bicyclic) bond motifs is 2. The maximum Gasteiger partial charge on any atom is 0.276 e. The molecule has 2 unspecified atom stereocenters. The van der Waals surface area contributed by atoms with Gasteiger partial charge in [-0.15, -0.1) is 0 Å². The molecule has 0 aromatic carbocycles. The molecular weight excluding hydrogens is 296 g/mol. The number of hydrogen-bond donors (Lipinski definition) is 0. The predicted octanol–water partition coefficient (Wildman–Crippen LogP) is 1.72. The number of rotatable bonds is 4. The number of hydrogen-bond acceptors (Lipinski definition) is 4. The first-order chi connectivity index (χ1) is 11.2. The number of ether oxygens (including phenoxy) is 2. The Morgan fingerprint density at radius 2 is 2.26 bits per heavy atom. The van der Waals surface area contributed by atoms with Gasteiger partial charge in [0.15, 0.2) is 17.7 Å². The normalized spacial score (nSPS) is 25.3. The fraction of sp³-hybridized carbons (Fsp3) is 0.647. The molecule has 1 amide bonds. The molecular formula is C17H22N2O4. The fourth-order valence-electron chi connectivity index (χ4n) is 3.91. The first-order valence-corrected chi connectivity index (χ1v) is 8.56. The minimum absolute atomic E-state index is 0.104. The number of nitrogens with zero attached hydrogens (tertiary/aromatic N) is 2. The van der Waals surface area contributed by atoms with Gasteiger partial charge in [-0.3, -0.25) is 9.59 Å². The number of aromatic nitrogens is 1. The third kappa shape index (κ3) is 2.19. The summed E-state index contributed by atoms with van der Waals surface area (Å²) in [5, 5.41) is 0. The molecule has 4 heterocycles. The summed E-state index contributed by atoms with van der Waals surface area (Å²) in [7, 11) is 0. The number of pyridine rings is 1. The SMILES string of the molecule is CCCCOc1c2n3c(cc1=O)CCC3C1OCCCN1C2=O. The zero-order valence-electron chi connectivity index (χ0n) is 13.4. The molecule has 1 saturated heterocycles. The summed E-state index contributed by atoms with van der Waals surface area (Å²) in [6.07, 6.45) is 4.21. The van der Waals surface area contributed by atoms with Crippen LogP contribution in [0.4, 0.5) is 0 Å². The van der Waals surface area contributed by atoms with Crippen LogP contribution >= 0.6 is 0 Å². The molecule has 4 rings (SSSR count). The van der Waals surface area contributed by atoms with E-state index >= 15 is 0 Å². The molecule has 0 aliphatic carbocycles. The van der Waals surface area contributed by atoms with Crippen molar-refractivity contribution < 1.29 is 14.3 Å². The minimum Gasteiger partial charge on any atom is -0.487 e. The van der Waals surface area contributed by atoms with Crippen LogP contribution < -0.4 is 10.2 Å². The molecule has 2 atom stereocenters. The van der Waals surface area contributed by atoms with Crippen molar-refractivity contribution in [3.63, 3.8) is 0 Å². The van der Waals surface area contributed by atoms with Gasteiger partial charge in [-0.2, -0.15) is 0 Å². The van der Waals surface area contributed by atoms with Crippen molar-refractivity contribution in [2.24, 2.45) is 0 Å². The highest BCUT2D eigenvalue weighted by atomic mass is 16.5. The molecule has 1 aromatic rings. The lowest BCUT2D eigenvalue weighted by atomic mass is 10.1. The van der Waals surface area contributed by atoms with Gasteiger partial charge in [-0.05, 0) is 25.7 Å². The maximum absolute atomic E-state index is 13.0. The maximum atomic E-state index is 13.0. The van der Waals surface area contributed by atoms with Crippen molar-refractivity contribution in [2.75, 3.05) is 19.8 Å². The van der Waals surface area contributed by atoms with E-state index in [9.17, 15) is 9.59 Å². The quantitative estimate of drug-likeness (QED) is 0.793. The van der Waals surface area contributed by atoms with E-state index in [1.807, 2.05) is 4.57 Å². The molecule has 0 N–H and O–H groups in total. The van der Waals surface area contributed by atoms with Gasteiger partial charge in [0.2, 0.25) is 5.43 Å². The standard InChI is InChI=1S/C17H22N2O4/c1-2-3-8-22-15-13(20)10-11-5-6-12-17-18(7-4-9-23-17)16(21)14(15)19(11)12/h10,12,17H,2-9H2,1H3. The van der Waals surface area contributed by atoms with Gasteiger partial charge in [0, 0.05) is 18.3 Å². The van der Waals surface area contributed by atoms with E-state index in [4.69, 9.17) is 9.47 Å². The van der Waals surface area contributed by atoms with E-state index in [1.54, 1.807) is 11.0 Å². The summed E-state index contributed by atoms with van der Waals surface area (Å²) < 4.78 is 13.6. The van der Waals surface area contributed by atoms with E-state index in [2.05, 4.69) is 6.92 Å². The van der Waals surface area contributed by atoms with Crippen molar-refractivity contribution in [3.8, 4) is 5.75 Å². The molecule has 0 radical (unpaired) electrons. The first kappa shape index (κ1) is 14.8. The van der Waals surface area contributed by atoms with Gasteiger partial charge in [0.1, 0.15) is 0 Å². The highest BCUT2D eigenvalue weighted by molar-refractivity contribution is 5.96. The van der Waals surface area contributed by atoms with Crippen LogP contribution in [0.15, 0.2) is 10.9 Å². The van der Waals surface area contributed by atoms with Crippen LogP contribution in [0.5, 0.6) is 5.75 Å². The molecule has 124 valence electrons. The van der Waals surface area contributed by atoms with Gasteiger partial charge in [0.05, 0.1) is 19.3 Å². The second-order valence-electron chi connectivity index (χ2n) is 6.47. The van der Waals surface area contributed by atoms with Gasteiger partial charge < -0.3 is 18.9 Å². The van der Waals surface area contributed by atoms with Crippen molar-refractivity contribution in [1.82, 2.24) is 9.47 Å². The summed E-state index contributed by atoms with van der Waals surface area (Å²) in [6, 6.07) is 1.74. The Hall–Kier alpha value is -1.82. The van der Waals surface area contributed by atoms with Gasteiger partial charge in [-0.25, -0.2) is 0 Å². The zero-order chi connectivity index (χ0) is 16.0. The first-order valence-electron chi connectivity index (χ1n) is 8.56. The monoisotopic (exact) mass is 318 g/mol. The molecule has 1 fully saturated rings. The van der Waals surface area contributed by atoms with Crippen molar-refractivity contribution >= 4 is 5.91 Å². The van der Waals surface area contributed by atoms with Gasteiger partial charge >= 0.3 is 0 Å². The third-order valence-electron chi connectivity index (χ3n) is 4.99. The van der Waals surface area contributed by atoms with E-state index in [1.165, 1.54) is 0 Å². The Labute approximate surface area is 135 Å². The minimum atomic E-state index is -0.198. The summed E-state index contributed by atoms with van der Waals surface area (Å²) >= 11 is 0. The molecule has 0 spiro atoms. The lowest BCUT2D eigenvalue weighted by Crippen LogP contribution is -2.55. The van der Waals surface area contributed by atoms with Crippen LogP contribution in [-0.4, -0.2) is 41.4 Å². The van der Waals surface area contributed by atoms with Crippen LogP contribution in [0.25, 0.3) is 0 Å². The Kier molecular flexibility index (Phi) is 3.64. The number of carbonyl (C=O) groups is 1. The Morgan fingerprint density at radius 3 is 3.09 bits per heavy atom. The summed E-state index contributed by atoms with van der Waals surface area (Å²) in [5.41, 5.74) is 1.19. The average Bonchev–Trinajstić information content (AvgIpc) is 2.98. The van der Waals surface area contributed by atoms with E-state index in [-0.39, 0.29) is 29.4 Å². The summed E-state index contributed by atoms with van der Waals surface area (Å²) in [5.74, 6) is 0.0985. The molecule has 0 saturated carbocycles. The highest BCUT2D eigenvalue weighted by Gasteiger charge is 2.46. The van der Waals surface area contributed by atoms with Gasteiger partial charge in [0.25, 0.3) is 5.91 Å². The van der Waals surface area contributed by atoms with Gasteiger partial charge in [-0.1, -0.05) is 13.3 Å². The Morgan fingerprint density at radius 1 is 1.39 bits per heavy atom. The molecule has 3 aliphatic heterocycles. The second-order valence-corrected chi connectivity index (χ2v) is 6.47. The average molecular weight is 318 g/mol. The van der Waals surface area contributed by atoms with Crippen LogP contribution in [0.1, 0.15) is 54.8 Å². The lowest BCUT2D eigenvalue weighted by molar-refractivity contribution is -0.109. The summed E-state index contributed by atoms with van der Waals surface area (Å²) in [4.78, 5) is 27.2. The number of aryl methyl sites for hydroxylation is 1. The molecule has 3 aliphatic rings. The van der Waals surface area contributed by atoms with Crippen molar-refractivity contribution in [1.29, 1.82) is 0 Å². The van der Waals surface area contributed by atoms with Crippen molar-refractivity contribution in [2.45, 2.75) is 51.3 Å². The highest BCUT2D eigenvalue weighted by Crippen LogP contribution is 2.40. The van der Waals surface area contributed by atoms with Crippen LogP contribution in [0, 0.1) is 0 Å². The number of unbranched alkanes of at least 4 members (excludes halogenated alkanes) is 1.